The summed E-state index contributed by atoms with van der Waals surface area (Å²) < 4.78 is 56.1. The molecule has 0 N–H and O–H groups in total. The van der Waals surface area contributed by atoms with E-state index in [1.165, 1.54) is 16.4 Å². The normalized spacial score (nSPS) is 12.5. The lowest BCUT2D eigenvalue weighted by atomic mass is 10.1. The predicted octanol–water partition coefficient (Wildman–Crippen LogP) is 4.19. The molecule has 6 nitrogen and oxygen atoms in total. The molecule has 166 valence electrons. The van der Waals surface area contributed by atoms with E-state index < -0.39 is 20.1 Å². The Kier molecular flexibility index (Phi) is 7.71. The average molecular weight is 454 g/mol. The molecule has 0 radical (unpaired) electrons. The molecule has 2 rings (SSSR count). The van der Waals surface area contributed by atoms with Crippen LogP contribution in [0.5, 0.6) is 5.75 Å². The zero-order valence-corrected chi connectivity index (χ0v) is 20.1. The lowest BCUT2D eigenvalue weighted by molar-refractivity contribution is 0.375. The van der Waals surface area contributed by atoms with Crippen LogP contribution in [-0.4, -0.2) is 33.9 Å². The van der Waals surface area contributed by atoms with Crippen LogP contribution in [0, 0.1) is 26.7 Å². The Morgan fingerprint density at radius 1 is 0.933 bits per heavy atom. The fraction of sp³-hybridized carbons (Fsp3) is 0.455. The van der Waals surface area contributed by atoms with Crippen LogP contribution in [0.2, 0.25) is 0 Å². The highest BCUT2D eigenvalue weighted by Crippen LogP contribution is 2.27. The molecule has 0 aliphatic rings. The van der Waals surface area contributed by atoms with Gasteiger partial charge >= 0.3 is 10.1 Å². The van der Waals surface area contributed by atoms with Gasteiger partial charge in [0, 0.05) is 13.1 Å². The maximum Gasteiger partial charge on any atom is 0.306 e. The van der Waals surface area contributed by atoms with Crippen LogP contribution in [-0.2, 0) is 26.7 Å². The molecule has 0 saturated heterocycles. The Balaban J connectivity index is 2.39. The minimum absolute atomic E-state index is 0.195. The number of nitrogens with zero attached hydrogens (tertiary/aromatic N) is 1. The third-order valence-electron chi connectivity index (χ3n) is 4.69. The molecule has 0 spiro atoms. The monoisotopic (exact) mass is 453 g/mol. The topological polar surface area (TPSA) is 80.8 Å². The van der Waals surface area contributed by atoms with Crippen molar-refractivity contribution in [2.45, 2.75) is 52.5 Å². The summed E-state index contributed by atoms with van der Waals surface area (Å²) in [6, 6.07) is 10.2. The summed E-state index contributed by atoms with van der Waals surface area (Å²) in [6.07, 6.45) is 1.71. The fourth-order valence-electron chi connectivity index (χ4n) is 3.42. The number of hydrogen-bond donors (Lipinski definition) is 0. The summed E-state index contributed by atoms with van der Waals surface area (Å²) in [5.74, 6) is 0.552. The Morgan fingerprint density at radius 3 is 1.93 bits per heavy atom. The zero-order chi connectivity index (χ0) is 22.7. The van der Waals surface area contributed by atoms with Crippen molar-refractivity contribution in [1.82, 2.24) is 4.31 Å². The van der Waals surface area contributed by atoms with E-state index in [1.807, 2.05) is 32.9 Å². The molecule has 30 heavy (non-hydrogen) atoms. The minimum atomic E-state index is -3.71. The molecule has 0 unspecified atom stereocenters. The maximum absolute atomic E-state index is 13.6. The molecule has 0 heterocycles. The van der Waals surface area contributed by atoms with Crippen LogP contribution < -0.4 is 4.18 Å². The quantitative estimate of drug-likeness (QED) is 0.532. The number of aryl methyl sites for hydroxylation is 3. The zero-order valence-electron chi connectivity index (χ0n) is 18.5. The maximum atomic E-state index is 13.6. The van der Waals surface area contributed by atoms with Crippen molar-refractivity contribution >= 4 is 20.1 Å². The van der Waals surface area contributed by atoms with Gasteiger partial charge in [-0.1, -0.05) is 43.7 Å². The van der Waals surface area contributed by atoms with E-state index in [-0.39, 0.29) is 12.3 Å². The van der Waals surface area contributed by atoms with Gasteiger partial charge in [0.1, 0.15) is 5.75 Å². The van der Waals surface area contributed by atoms with Crippen LogP contribution in [0.1, 0.15) is 42.5 Å². The minimum Gasteiger partial charge on any atom is -0.383 e. The average Bonchev–Trinajstić information content (AvgIpc) is 2.57. The molecule has 0 saturated carbocycles. The van der Waals surface area contributed by atoms with Gasteiger partial charge in [0.15, 0.2) is 0 Å². The van der Waals surface area contributed by atoms with Gasteiger partial charge in [0.25, 0.3) is 0 Å². The standard InChI is InChI=1S/C22H31NO5S2/c1-16(2)11-12-23(15-20-7-9-21(10-8-20)28-29(6,24)25)30(26,27)22-18(4)13-17(3)14-19(22)5/h7-10,13-14,16H,11-12,15H2,1-6H3. The summed E-state index contributed by atoms with van der Waals surface area (Å²) in [4.78, 5) is 0.355. The van der Waals surface area contributed by atoms with Gasteiger partial charge in [-0.05, 0) is 61.9 Å². The van der Waals surface area contributed by atoms with Crippen LogP contribution in [0.4, 0.5) is 0 Å². The molecule has 0 amide bonds. The van der Waals surface area contributed by atoms with Gasteiger partial charge in [-0.2, -0.15) is 12.7 Å². The molecule has 2 aromatic rings. The lowest BCUT2D eigenvalue weighted by Crippen LogP contribution is -2.33. The number of rotatable bonds is 9. The summed E-state index contributed by atoms with van der Waals surface area (Å²) in [5.41, 5.74) is 3.25. The molecule has 8 heteroatoms. The van der Waals surface area contributed by atoms with E-state index in [1.54, 1.807) is 12.1 Å². The third kappa shape index (κ3) is 6.55. The van der Waals surface area contributed by atoms with Crippen molar-refractivity contribution < 1.29 is 21.0 Å². The Labute approximate surface area is 181 Å². The molecule has 0 atom stereocenters. The van der Waals surface area contributed by atoms with Gasteiger partial charge in [-0.25, -0.2) is 8.42 Å². The third-order valence-corrected chi connectivity index (χ3v) is 7.33. The van der Waals surface area contributed by atoms with E-state index >= 15 is 0 Å². The highest BCUT2D eigenvalue weighted by atomic mass is 32.2. The van der Waals surface area contributed by atoms with E-state index in [2.05, 4.69) is 13.8 Å². The molecule has 0 aliphatic heterocycles. The molecule has 0 aliphatic carbocycles. The lowest BCUT2D eigenvalue weighted by Gasteiger charge is -2.25. The van der Waals surface area contributed by atoms with Crippen LogP contribution in [0.25, 0.3) is 0 Å². The van der Waals surface area contributed by atoms with Crippen LogP contribution >= 0.6 is 0 Å². The Hall–Kier alpha value is -1.90. The fourth-order valence-corrected chi connectivity index (χ4v) is 5.73. The van der Waals surface area contributed by atoms with Crippen molar-refractivity contribution in [3.05, 3.63) is 58.7 Å². The molecule has 0 aromatic heterocycles. The van der Waals surface area contributed by atoms with Crippen molar-refractivity contribution in [1.29, 1.82) is 0 Å². The molecular formula is C22H31NO5S2. The smallest absolute Gasteiger partial charge is 0.306 e. The number of hydrogen-bond acceptors (Lipinski definition) is 5. The van der Waals surface area contributed by atoms with Crippen LogP contribution in [0.3, 0.4) is 0 Å². The largest absolute Gasteiger partial charge is 0.383 e. The second-order valence-corrected chi connectivity index (χ2v) is 11.6. The SMILES string of the molecule is Cc1cc(C)c(S(=O)(=O)N(CCC(C)C)Cc2ccc(OS(C)(=O)=O)cc2)c(C)c1. The number of benzene rings is 2. The van der Waals surface area contributed by atoms with Gasteiger partial charge < -0.3 is 4.18 Å². The van der Waals surface area contributed by atoms with Crippen molar-refractivity contribution in [3.8, 4) is 5.75 Å². The molecule has 2 aromatic carbocycles. The van der Waals surface area contributed by atoms with Crippen molar-refractivity contribution in [3.63, 3.8) is 0 Å². The predicted molar refractivity (Wildman–Crippen MR) is 120 cm³/mol. The Morgan fingerprint density at radius 2 is 1.47 bits per heavy atom. The van der Waals surface area contributed by atoms with Crippen molar-refractivity contribution in [2.24, 2.45) is 5.92 Å². The first-order valence-electron chi connectivity index (χ1n) is 9.86. The number of sulfonamides is 1. The molecule has 0 fully saturated rings. The van der Waals surface area contributed by atoms with E-state index in [0.717, 1.165) is 34.9 Å². The summed E-state index contributed by atoms with van der Waals surface area (Å²) in [7, 11) is -7.32. The molecular weight excluding hydrogens is 422 g/mol. The van der Waals surface area contributed by atoms with Gasteiger partial charge in [0.05, 0.1) is 11.2 Å². The van der Waals surface area contributed by atoms with Gasteiger partial charge in [-0.3, -0.25) is 0 Å². The highest BCUT2D eigenvalue weighted by molar-refractivity contribution is 7.89. The van der Waals surface area contributed by atoms with E-state index in [4.69, 9.17) is 4.18 Å². The summed E-state index contributed by atoms with van der Waals surface area (Å²) >= 11 is 0. The second kappa shape index (κ2) is 9.49. The van der Waals surface area contributed by atoms with Gasteiger partial charge in [-0.15, -0.1) is 0 Å². The highest BCUT2D eigenvalue weighted by Gasteiger charge is 2.28. The Bertz CT molecular complexity index is 1070. The summed E-state index contributed by atoms with van der Waals surface area (Å²) in [5, 5.41) is 0. The van der Waals surface area contributed by atoms with Crippen LogP contribution in [0.15, 0.2) is 41.3 Å². The first-order chi connectivity index (χ1) is 13.8. The summed E-state index contributed by atoms with van der Waals surface area (Å²) in [6.45, 7) is 10.3. The van der Waals surface area contributed by atoms with E-state index in [0.29, 0.717) is 17.4 Å². The van der Waals surface area contributed by atoms with Gasteiger partial charge in [0.2, 0.25) is 10.0 Å². The van der Waals surface area contributed by atoms with Crippen molar-refractivity contribution in [2.75, 3.05) is 12.8 Å². The first kappa shape index (κ1) is 24.4. The molecule has 0 bridgehead atoms. The second-order valence-electron chi connectivity index (χ2n) is 8.18. The van der Waals surface area contributed by atoms with E-state index in [9.17, 15) is 16.8 Å². The first-order valence-corrected chi connectivity index (χ1v) is 13.1.